The van der Waals surface area contributed by atoms with Gasteiger partial charge in [-0.05, 0) is 58.2 Å². The summed E-state index contributed by atoms with van der Waals surface area (Å²) in [5.74, 6) is 0.511. The van der Waals surface area contributed by atoms with Gasteiger partial charge in [0.25, 0.3) is 0 Å². The number of benzene rings is 1. The largest absolute Gasteiger partial charge is 0.343 e. The van der Waals surface area contributed by atoms with Crippen molar-refractivity contribution in [1.29, 1.82) is 0 Å². The van der Waals surface area contributed by atoms with Crippen molar-refractivity contribution in [1.82, 2.24) is 20.4 Å². The van der Waals surface area contributed by atoms with Crippen LogP contribution in [0.4, 0.5) is 0 Å². The van der Waals surface area contributed by atoms with Gasteiger partial charge in [0.15, 0.2) is 0 Å². The normalized spacial score (nSPS) is 24.5. The van der Waals surface area contributed by atoms with E-state index in [4.69, 9.17) is 0 Å². The lowest BCUT2D eigenvalue weighted by Crippen LogP contribution is -2.55. The molecule has 2 saturated heterocycles. The van der Waals surface area contributed by atoms with Gasteiger partial charge in [-0.1, -0.05) is 30.3 Å². The smallest absolute Gasteiger partial charge is 0.245 e. The SMILES string of the molecule is CN[C@@H](C)C(=O)N[C@H](C)C(=O)N1CC[C@H]2CCN(CCc3ccccc3)C[C@H]21. The van der Waals surface area contributed by atoms with Crippen LogP contribution in [-0.2, 0) is 16.0 Å². The number of likely N-dealkylation sites (tertiary alicyclic amines) is 2. The number of hydrogen-bond acceptors (Lipinski definition) is 4. The lowest BCUT2D eigenvalue weighted by molar-refractivity contribution is -0.138. The van der Waals surface area contributed by atoms with Crippen molar-refractivity contribution in [3.63, 3.8) is 0 Å². The van der Waals surface area contributed by atoms with E-state index in [1.54, 1.807) is 20.9 Å². The molecule has 3 rings (SSSR count). The molecule has 2 N–H and O–H groups in total. The first kappa shape index (κ1) is 20.8. The minimum Gasteiger partial charge on any atom is -0.343 e. The fourth-order valence-corrected chi connectivity index (χ4v) is 4.39. The number of rotatable bonds is 7. The summed E-state index contributed by atoms with van der Waals surface area (Å²) < 4.78 is 0. The predicted molar refractivity (Wildman–Crippen MR) is 111 cm³/mol. The highest BCUT2D eigenvalue weighted by atomic mass is 16.2. The summed E-state index contributed by atoms with van der Waals surface area (Å²) in [6.45, 7) is 7.48. The molecule has 154 valence electrons. The Morgan fingerprint density at radius 3 is 2.54 bits per heavy atom. The fraction of sp³-hybridized carbons (Fsp3) is 0.636. The van der Waals surface area contributed by atoms with Crippen LogP contribution in [0.3, 0.4) is 0 Å². The topological polar surface area (TPSA) is 64.7 Å². The average molecular weight is 387 g/mol. The summed E-state index contributed by atoms with van der Waals surface area (Å²) in [6.07, 6.45) is 3.28. The number of carbonyl (C=O) groups is 2. The summed E-state index contributed by atoms with van der Waals surface area (Å²) >= 11 is 0. The van der Waals surface area contributed by atoms with Gasteiger partial charge in [0.05, 0.1) is 6.04 Å². The molecule has 2 aliphatic heterocycles. The monoisotopic (exact) mass is 386 g/mol. The summed E-state index contributed by atoms with van der Waals surface area (Å²) in [5, 5.41) is 5.77. The Morgan fingerprint density at radius 2 is 1.82 bits per heavy atom. The van der Waals surface area contributed by atoms with Crippen LogP contribution in [0.1, 0.15) is 32.3 Å². The van der Waals surface area contributed by atoms with E-state index in [1.165, 1.54) is 5.56 Å². The quantitative estimate of drug-likeness (QED) is 0.741. The van der Waals surface area contributed by atoms with E-state index >= 15 is 0 Å². The molecule has 0 spiro atoms. The third-order valence-corrected chi connectivity index (χ3v) is 6.34. The Hall–Kier alpha value is -1.92. The average Bonchev–Trinajstić information content (AvgIpc) is 3.14. The van der Waals surface area contributed by atoms with Crippen molar-refractivity contribution in [2.45, 2.75) is 51.2 Å². The van der Waals surface area contributed by atoms with E-state index in [2.05, 4.69) is 39.8 Å². The second kappa shape index (κ2) is 9.52. The van der Waals surface area contributed by atoms with Crippen LogP contribution in [-0.4, -0.2) is 73.0 Å². The van der Waals surface area contributed by atoms with E-state index in [0.717, 1.165) is 45.4 Å². The first-order valence-corrected chi connectivity index (χ1v) is 10.5. The standard InChI is InChI=1S/C22H34N4O2/c1-16(23-3)21(27)24-17(2)22(28)26-14-11-19-10-13-25(15-20(19)26)12-9-18-7-5-4-6-8-18/h4-8,16-17,19-20,23H,9-15H2,1-3H3,(H,24,27)/t16-,17+,19+,20+/m0/s1. The molecular formula is C22H34N4O2. The van der Waals surface area contributed by atoms with Crippen LogP contribution in [0, 0.1) is 5.92 Å². The molecular weight excluding hydrogens is 352 g/mol. The number of hydrogen-bond donors (Lipinski definition) is 2. The van der Waals surface area contributed by atoms with Crippen LogP contribution < -0.4 is 10.6 Å². The number of carbonyl (C=O) groups excluding carboxylic acids is 2. The molecule has 0 bridgehead atoms. The van der Waals surface area contributed by atoms with E-state index in [9.17, 15) is 9.59 Å². The van der Waals surface area contributed by atoms with Crippen LogP contribution in [0.15, 0.2) is 30.3 Å². The lowest BCUT2D eigenvalue weighted by atomic mass is 9.92. The molecule has 28 heavy (non-hydrogen) atoms. The summed E-state index contributed by atoms with van der Waals surface area (Å²) in [7, 11) is 1.74. The zero-order chi connectivity index (χ0) is 20.1. The maximum Gasteiger partial charge on any atom is 0.245 e. The number of likely N-dealkylation sites (N-methyl/N-ethyl adjacent to an activating group) is 1. The predicted octanol–water partition coefficient (Wildman–Crippen LogP) is 1.26. The van der Waals surface area contributed by atoms with Crippen molar-refractivity contribution in [3.8, 4) is 0 Å². The van der Waals surface area contributed by atoms with Gasteiger partial charge >= 0.3 is 0 Å². The molecule has 1 aromatic rings. The minimum absolute atomic E-state index is 0.0501. The zero-order valence-corrected chi connectivity index (χ0v) is 17.4. The molecule has 6 nitrogen and oxygen atoms in total. The van der Waals surface area contributed by atoms with Crippen LogP contribution in [0.5, 0.6) is 0 Å². The van der Waals surface area contributed by atoms with Crippen LogP contribution >= 0.6 is 0 Å². The van der Waals surface area contributed by atoms with Gasteiger partial charge in [0, 0.05) is 25.7 Å². The first-order chi connectivity index (χ1) is 13.5. The maximum absolute atomic E-state index is 13.0. The molecule has 2 amide bonds. The lowest BCUT2D eigenvalue weighted by Gasteiger charge is -2.39. The number of amides is 2. The van der Waals surface area contributed by atoms with Crippen molar-refractivity contribution in [3.05, 3.63) is 35.9 Å². The molecule has 6 heteroatoms. The fourth-order valence-electron chi connectivity index (χ4n) is 4.39. The Labute approximate surface area is 168 Å². The second-order valence-electron chi connectivity index (χ2n) is 8.21. The number of nitrogens with one attached hydrogen (secondary N) is 2. The highest BCUT2D eigenvalue weighted by Crippen LogP contribution is 2.32. The summed E-state index contributed by atoms with van der Waals surface area (Å²) in [5.41, 5.74) is 1.36. The van der Waals surface area contributed by atoms with E-state index in [1.807, 2.05) is 11.0 Å². The molecule has 2 heterocycles. The summed E-state index contributed by atoms with van der Waals surface area (Å²) in [6, 6.07) is 10.1. The Bertz CT molecular complexity index is 666. The van der Waals surface area contributed by atoms with Crippen molar-refractivity contribution in [2.24, 2.45) is 5.92 Å². The molecule has 2 aliphatic rings. The van der Waals surface area contributed by atoms with Gasteiger partial charge in [-0.15, -0.1) is 0 Å². The van der Waals surface area contributed by atoms with Gasteiger partial charge in [0.1, 0.15) is 6.04 Å². The number of piperidine rings is 1. The molecule has 0 saturated carbocycles. The molecule has 2 fully saturated rings. The van der Waals surface area contributed by atoms with Gasteiger partial charge < -0.3 is 20.4 Å². The van der Waals surface area contributed by atoms with Gasteiger partial charge in [-0.2, -0.15) is 0 Å². The first-order valence-electron chi connectivity index (χ1n) is 10.5. The van der Waals surface area contributed by atoms with E-state index in [-0.39, 0.29) is 23.9 Å². The molecule has 0 unspecified atom stereocenters. The van der Waals surface area contributed by atoms with Gasteiger partial charge in [-0.25, -0.2) is 0 Å². The third-order valence-electron chi connectivity index (χ3n) is 6.34. The van der Waals surface area contributed by atoms with E-state index in [0.29, 0.717) is 5.92 Å². The van der Waals surface area contributed by atoms with Crippen LogP contribution in [0.25, 0.3) is 0 Å². The van der Waals surface area contributed by atoms with Crippen molar-refractivity contribution >= 4 is 11.8 Å². The second-order valence-corrected chi connectivity index (χ2v) is 8.21. The molecule has 0 radical (unpaired) electrons. The van der Waals surface area contributed by atoms with E-state index < -0.39 is 6.04 Å². The number of fused-ring (bicyclic) bond motifs is 1. The maximum atomic E-state index is 13.0. The number of nitrogens with zero attached hydrogens (tertiary/aromatic N) is 2. The molecule has 1 aromatic carbocycles. The molecule has 0 aromatic heterocycles. The van der Waals surface area contributed by atoms with Gasteiger partial charge in [-0.3, -0.25) is 9.59 Å². The highest BCUT2D eigenvalue weighted by Gasteiger charge is 2.41. The van der Waals surface area contributed by atoms with Gasteiger partial charge in [0.2, 0.25) is 11.8 Å². The van der Waals surface area contributed by atoms with Crippen molar-refractivity contribution in [2.75, 3.05) is 33.2 Å². The third kappa shape index (κ3) is 4.92. The van der Waals surface area contributed by atoms with Crippen molar-refractivity contribution < 1.29 is 9.59 Å². The Kier molecular flexibility index (Phi) is 7.08. The minimum atomic E-state index is -0.484. The van der Waals surface area contributed by atoms with Crippen LogP contribution in [0.2, 0.25) is 0 Å². The molecule has 4 atom stereocenters. The summed E-state index contributed by atoms with van der Waals surface area (Å²) in [4.78, 5) is 29.6. The zero-order valence-electron chi connectivity index (χ0n) is 17.4. The highest BCUT2D eigenvalue weighted by molar-refractivity contribution is 5.89. The molecule has 0 aliphatic carbocycles. The Morgan fingerprint density at radius 1 is 1.11 bits per heavy atom. The Balaban J connectivity index is 1.55.